The van der Waals surface area contributed by atoms with Gasteiger partial charge in [0.1, 0.15) is 16.5 Å². The molecule has 42 heavy (non-hydrogen) atoms. The highest BCUT2D eigenvalue weighted by Crippen LogP contribution is 2.29. The number of aromatic nitrogens is 2. The second kappa shape index (κ2) is 12.6. The molecule has 1 unspecified atom stereocenters. The van der Waals surface area contributed by atoms with Gasteiger partial charge in [-0.2, -0.15) is 0 Å². The monoisotopic (exact) mass is 603 g/mol. The van der Waals surface area contributed by atoms with Gasteiger partial charge < -0.3 is 19.4 Å². The number of nitrogens with one attached hydrogen (secondary N) is 3. The molecule has 3 N–H and O–H groups in total. The largest absolute Gasteiger partial charge is 0.573 e. The number of methoxy groups -OCH3 is 1. The molecule has 0 aliphatic carbocycles. The third-order valence-electron chi connectivity index (χ3n) is 5.74. The lowest BCUT2D eigenvalue weighted by molar-refractivity contribution is -0.275. The minimum atomic E-state index is -5.15. The topological polar surface area (TPSA) is 141 Å². The minimum Gasteiger partial charge on any atom is -0.453 e. The van der Waals surface area contributed by atoms with E-state index in [1.165, 1.54) is 19.4 Å². The third kappa shape index (κ3) is 7.78. The van der Waals surface area contributed by atoms with Crippen LogP contribution in [-0.4, -0.2) is 43.6 Å². The molecule has 1 heterocycles. The number of ether oxygens (including phenoxy) is 2. The molecule has 0 saturated carbocycles. The van der Waals surface area contributed by atoms with E-state index < -0.39 is 45.2 Å². The van der Waals surface area contributed by atoms with Crippen molar-refractivity contribution in [1.82, 2.24) is 19.6 Å². The summed E-state index contributed by atoms with van der Waals surface area (Å²) in [7, 11) is -3.55. The van der Waals surface area contributed by atoms with Gasteiger partial charge in [-0.25, -0.2) is 27.7 Å². The summed E-state index contributed by atoms with van der Waals surface area (Å²) in [5.74, 6) is -0.673. The molecule has 0 spiro atoms. The van der Waals surface area contributed by atoms with Gasteiger partial charge in [0.2, 0.25) is 0 Å². The number of hydrogen-bond donors (Lipinski definition) is 3. The first-order valence-corrected chi connectivity index (χ1v) is 13.6. The lowest BCUT2D eigenvalue weighted by atomic mass is 10.1. The third-order valence-corrected chi connectivity index (χ3v) is 7.11. The normalized spacial score (nSPS) is 12.2. The molecule has 4 rings (SSSR count). The smallest absolute Gasteiger partial charge is 0.453 e. The highest BCUT2D eigenvalue weighted by molar-refractivity contribution is 7.90. The maximum atomic E-state index is 13.0. The molecule has 0 aliphatic rings. The summed E-state index contributed by atoms with van der Waals surface area (Å²) in [5.41, 5.74) is 1.84. The summed E-state index contributed by atoms with van der Waals surface area (Å²) < 4.78 is 76.1. The van der Waals surface area contributed by atoms with Crippen LogP contribution in [0.4, 0.5) is 28.4 Å². The predicted octanol–water partition coefficient (Wildman–Crippen LogP) is 4.92. The molecule has 3 amide bonds. The summed E-state index contributed by atoms with van der Waals surface area (Å²) in [6.45, 7) is 0. The van der Waals surface area contributed by atoms with Crippen LogP contribution in [0.1, 0.15) is 17.4 Å². The Labute approximate surface area is 238 Å². The second-order valence-electron chi connectivity index (χ2n) is 8.63. The number of halogens is 3. The fraction of sp³-hybridized carbons (Fsp3) is 0.148. The van der Waals surface area contributed by atoms with Crippen molar-refractivity contribution in [2.75, 3.05) is 12.4 Å². The Hall–Kier alpha value is -5.05. The zero-order chi connectivity index (χ0) is 30.3. The molecule has 0 saturated heterocycles. The Kier molecular flexibility index (Phi) is 9.00. The first-order valence-electron chi connectivity index (χ1n) is 12.2. The van der Waals surface area contributed by atoms with Crippen molar-refractivity contribution in [1.29, 1.82) is 0 Å². The number of urea groups is 1. The van der Waals surface area contributed by atoms with E-state index in [0.717, 1.165) is 23.8 Å². The van der Waals surface area contributed by atoms with Crippen LogP contribution in [0.15, 0.2) is 96.2 Å². The van der Waals surface area contributed by atoms with E-state index in [9.17, 15) is 31.2 Å². The number of para-hydroxylation sites is 1. The number of sulfonamides is 1. The fourth-order valence-corrected chi connectivity index (χ4v) is 5.01. The molecule has 220 valence electrons. The summed E-state index contributed by atoms with van der Waals surface area (Å²) in [6, 6.07) is 17.5. The maximum Gasteiger partial charge on any atom is 0.573 e. The van der Waals surface area contributed by atoms with Gasteiger partial charge in [0.05, 0.1) is 13.2 Å². The van der Waals surface area contributed by atoms with Crippen molar-refractivity contribution in [3.8, 4) is 11.4 Å². The molecular weight excluding hydrogens is 579 g/mol. The number of anilines is 1. The Morgan fingerprint density at radius 1 is 0.976 bits per heavy atom. The summed E-state index contributed by atoms with van der Waals surface area (Å²) in [4.78, 5) is 28.0. The number of hydrogen-bond acceptors (Lipinski definition) is 7. The van der Waals surface area contributed by atoms with Gasteiger partial charge in [0, 0.05) is 23.8 Å². The lowest BCUT2D eigenvalue weighted by Crippen LogP contribution is -2.42. The van der Waals surface area contributed by atoms with Crippen LogP contribution in [0.3, 0.4) is 0 Å². The predicted molar refractivity (Wildman–Crippen MR) is 144 cm³/mol. The van der Waals surface area contributed by atoms with Crippen molar-refractivity contribution in [2.45, 2.75) is 23.7 Å². The Morgan fingerprint density at radius 2 is 1.64 bits per heavy atom. The molecule has 4 aromatic rings. The molecular formula is C27H24F3N5O6S. The standard InChI is InChI=1S/C27H24F3N5O6S/c1-40-26(37)32-19-11-13-20(14-12-19)35-16-15-31-24(35)21(17-18-7-3-2-4-8-18)33-25(36)34-42(38,39)23-10-6-5-9-22(23)41-27(28,29)30/h2-16,21H,17H2,1H3,(H,32,37)(H2,33,34,36). The number of amides is 3. The van der Waals surface area contributed by atoms with Crippen molar-refractivity contribution in [3.63, 3.8) is 0 Å². The Morgan fingerprint density at radius 3 is 2.31 bits per heavy atom. The molecule has 1 atom stereocenters. The van der Waals surface area contributed by atoms with Crippen LogP contribution >= 0.6 is 0 Å². The zero-order valence-corrected chi connectivity index (χ0v) is 22.6. The first kappa shape index (κ1) is 29.9. The van der Waals surface area contributed by atoms with Gasteiger partial charge in [-0.3, -0.25) is 5.32 Å². The molecule has 0 bridgehead atoms. The number of rotatable bonds is 9. The van der Waals surface area contributed by atoms with Crippen LogP contribution < -0.4 is 20.1 Å². The summed E-state index contributed by atoms with van der Waals surface area (Å²) in [5, 5.41) is 5.10. The highest BCUT2D eigenvalue weighted by atomic mass is 32.2. The van der Waals surface area contributed by atoms with E-state index in [2.05, 4.69) is 25.1 Å². The molecule has 0 fully saturated rings. The SMILES string of the molecule is COC(=O)Nc1ccc(-n2ccnc2C(Cc2ccccc2)NC(=O)NS(=O)(=O)c2ccccc2OC(F)(F)F)cc1. The van der Waals surface area contributed by atoms with Crippen LogP contribution in [0, 0.1) is 0 Å². The molecule has 1 aromatic heterocycles. The van der Waals surface area contributed by atoms with Crippen molar-refractivity contribution < 1.29 is 40.7 Å². The van der Waals surface area contributed by atoms with E-state index >= 15 is 0 Å². The summed E-state index contributed by atoms with van der Waals surface area (Å²) >= 11 is 0. The Bertz CT molecular complexity index is 1640. The number of benzene rings is 3. The number of carbonyl (C=O) groups is 2. The van der Waals surface area contributed by atoms with E-state index in [1.54, 1.807) is 70.1 Å². The van der Waals surface area contributed by atoms with Crippen molar-refractivity contribution >= 4 is 27.8 Å². The molecule has 11 nitrogen and oxygen atoms in total. The molecule has 0 radical (unpaired) electrons. The van der Waals surface area contributed by atoms with E-state index in [1.807, 2.05) is 0 Å². The van der Waals surface area contributed by atoms with Crippen LogP contribution in [-0.2, 0) is 21.2 Å². The maximum absolute atomic E-state index is 13.0. The number of nitrogens with zero attached hydrogens (tertiary/aromatic N) is 2. The van der Waals surface area contributed by atoms with Gasteiger partial charge >= 0.3 is 18.5 Å². The Balaban J connectivity index is 1.60. The lowest BCUT2D eigenvalue weighted by Gasteiger charge is -2.21. The highest BCUT2D eigenvalue weighted by Gasteiger charge is 2.34. The van der Waals surface area contributed by atoms with Gasteiger partial charge in [-0.15, -0.1) is 13.2 Å². The number of imidazole rings is 1. The average molecular weight is 604 g/mol. The zero-order valence-electron chi connectivity index (χ0n) is 21.8. The second-order valence-corrected chi connectivity index (χ2v) is 10.3. The fourth-order valence-electron chi connectivity index (χ4n) is 3.97. The quantitative estimate of drug-likeness (QED) is 0.247. The van der Waals surface area contributed by atoms with E-state index in [0.29, 0.717) is 17.2 Å². The van der Waals surface area contributed by atoms with Gasteiger partial charge in [-0.05, 0) is 48.4 Å². The summed E-state index contributed by atoms with van der Waals surface area (Å²) in [6.07, 6.45) is -2.52. The van der Waals surface area contributed by atoms with E-state index in [-0.39, 0.29) is 6.42 Å². The van der Waals surface area contributed by atoms with Gasteiger partial charge in [0.25, 0.3) is 10.0 Å². The first-order chi connectivity index (χ1) is 19.9. The van der Waals surface area contributed by atoms with Gasteiger partial charge in [-0.1, -0.05) is 42.5 Å². The van der Waals surface area contributed by atoms with Crippen LogP contribution in [0.5, 0.6) is 5.75 Å². The number of alkyl halides is 3. The minimum absolute atomic E-state index is 0.182. The van der Waals surface area contributed by atoms with Gasteiger partial charge in [0.15, 0.2) is 0 Å². The van der Waals surface area contributed by atoms with Crippen molar-refractivity contribution in [3.05, 3.63) is 103 Å². The molecule has 3 aromatic carbocycles. The molecule has 15 heteroatoms. The molecule has 0 aliphatic heterocycles. The van der Waals surface area contributed by atoms with E-state index in [4.69, 9.17) is 0 Å². The average Bonchev–Trinajstić information content (AvgIpc) is 3.43. The van der Waals surface area contributed by atoms with Crippen molar-refractivity contribution in [2.24, 2.45) is 0 Å². The van der Waals surface area contributed by atoms with Crippen LogP contribution in [0.2, 0.25) is 0 Å². The number of carbonyl (C=O) groups excluding carboxylic acids is 2. The van der Waals surface area contributed by atoms with Crippen LogP contribution in [0.25, 0.3) is 5.69 Å².